The third kappa shape index (κ3) is 6.31. The maximum absolute atomic E-state index is 11.3. The second-order valence-corrected chi connectivity index (χ2v) is 8.00. The molecule has 0 amide bonds. The van der Waals surface area contributed by atoms with Gasteiger partial charge in [-0.15, -0.1) is 0 Å². The first-order valence-corrected chi connectivity index (χ1v) is 10.3. The van der Waals surface area contributed by atoms with E-state index in [0.29, 0.717) is 12.4 Å². The van der Waals surface area contributed by atoms with E-state index in [4.69, 9.17) is 14.2 Å². The van der Waals surface area contributed by atoms with Gasteiger partial charge in [-0.3, -0.25) is 0 Å². The molecule has 0 unspecified atom stereocenters. The molecule has 0 atom stereocenters. The molecule has 5 nitrogen and oxygen atoms in total. The van der Waals surface area contributed by atoms with Gasteiger partial charge in [0.25, 0.3) is 0 Å². The number of ether oxygens (including phenoxy) is 3. The average Bonchev–Trinajstić information content (AvgIpc) is 2.71. The fraction of sp³-hybridized carbons (Fsp3) is 0.458. The van der Waals surface area contributed by atoms with Crippen molar-refractivity contribution in [1.82, 2.24) is 0 Å². The molecule has 2 aromatic carbocycles. The van der Waals surface area contributed by atoms with Gasteiger partial charge in [0, 0.05) is 17.6 Å². The van der Waals surface area contributed by atoms with E-state index in [9.17, 15) is 9.90 Å². The fourth-order valence-corrected chi connectivity index (χ4v) is 3.33. The second-order valence-electron chi connectivity index (χ2n) is 8.00. The van der Waals surface area contributed by atoms with Crippen molar-refractivity contribution in [2.24, 2.45) is 5.41 Å². The summed E-state index contributed by atoms with van der Waals surface area (Å²) in [5, 5.41) is 9.28. The highest BCUT2D eigenvalue weighted by Crippen LogP contribution is 2.31. The molecule has 1 N–H and O–H groups in total. The van der Waals surface area contributed by atoms with E-state index >= 15 is 0 Å². The molecule has 1 aliphatic heterocycles. The zero-order valence-corrected chi connectivity index (χ0v) is 17.1. The fourth-order valence-electron chi connectivity index (χ4n) is 3.33. The summed E-state index contributed by atoms with van der Waals surface area (Å²) in [6.07, 6.45) is 4.12. The Balaban J connectivity index is 1.41. The Labute approximate surface area is 172 Å². The SMILES string of the molecule is CC1(COCCCCCCOc2cc(C(=O)O)ccc2-c2ccccc2)COC1. The van der Waals surface area contributed by atoms with Crippen LogP contribution in [0.1, 0.15) is 43.0 Å². The third-order valence-electron chi connectivity index (χ3n) is 5.11. The molecular formula is C24H30O5. The van der Waals surface area contributed by atoms with Crippen molar-refractivity contribution in [2.75, 3.05) is 33.0 Å². The van der Waals surface area contributed by atoms with E-state index in [0.717, 1.165) is 63.2 Å². The van der Waals surface area contributed by atoms with E-state index in [2.05, 4.69) is 6.92 Å². The minimum absolute atomic E-state index is 0.217. The van der Waals surface area contributed by atoms with E-state index < -0.39 is 5.97 Å². The van der Waals surface area contributed by atoms with Gasteiger partial charge in [0.1, 0.15) is 5.75 Å². The zero-order chi connectivity index (χ0) is 20.5. The first kappa shape index (κ1) is 21.3. The van der Waals surface area contributed by atoms with Crippen molar-refractivity contribution in [2.45, 2.75) is 32.6 Å². The van der Waals surface area contributed by atoms with Gasteiger partial charge in [0.2, 0.25) is 0 Å². The summed E-state index contributed by atoms with van der Waals surface area (Å²) in [7, 11) is 0. The number of carboxylic acid groups (broad SMARTS) is 1. The minimum atomic E-state index is -0.947. The Morgan fingerprint density at radius 1 is 1.03 bits per heavy atom. The summed E-state index contributed by atoms with van der Waals surface area (Å²) >= 11 is 0. The maximum atomic E-state index is 11.3. The molecule has 0 bridgehead atoms. The van der Waals surface area contributed by atoms with Crippen molar-refractivity contribution in [1.29, 1.82) is 0 Å². The molecule has 1 fully saturated rings. The monoisotopic (exact) mass is 398 g/mol. The summed E-state index contributed by atoms with van der Waals surface area (Å²) < 4.78 is 16.9. The summed E-state index contributed by atoms with van der Waals surface area (Å²) in [4.78, 5) is 11.3. The van der Waals surface area contributed by atoms with Gasteiger partial charge in [-0.1, -0.05) is 43.7 Å². The summed E-state index contributed by atoms with van der Waals surface area (Å²) in [5.41, 5.74) is 2.39. The molecule has 1 heterocycles. The maximum Gasteiger partial charge on any atom is 0.335 e. The molecule has 0 aromatic heterocycles. The number of unbranched alkanes of at least 4 members (excludes halogenated alkanes) is 3. The summed E-state index contributed by atoms with van der Waals surface area (Å²) in [6, 6.07) is 14.9. The number of hydrogen-bond acceptors (Lipinski definition) is 4. The summed E-state index contributed by atoms with van der Waals surface area (Å²) in [5.74, 6) is -0.327. The van der Waals surface area contributed by atoms with Crippen molar-refractivity contribution in [3.63, 3.8) is 0 Å². The lowest BCUT2D eigenvalue weighted by Crippen LogP contribution is -2.43. The topological polar surface area (TPSA) is 65.0 Å². The predicted octanol–water partition coefficient (Wildman–Crippen LogP) is 5.04. The molecule has 1 saturated heterocycles. The standard InChI is InChI=1S/C24H30O5/c1-24(17-28-18-24)16-27-13-7-2-3-8-14-29-22-15-20(23(25)26)11-12-21(22)19-9-5-4-6-10-19/h4-6,9-12,15H,2-3,7-8,13-14,16-18H2,1H3,(H,25,26). The van der Waals surface area contributed by atoms with Crippen LogP contribution in [0, 0.1) is 5.41 Å². The molecular weight excluding hydrogens is 368 g/mol. The lowest BCUT2D eigenvalue weighted by atomic mass is 9.90. The number of benzene rings is 2. The van der Waals surface area contributed by atoms with Crippen LogP contribution in [0.4, 0.5) is 0 Å². The van der Waals surface area contributed by atoms with Gasteiger partial charge in [0.15, 0.2) is 0 Å². The lowest BCUT2D eigenvalue weighted by Gasteiger charge is -2.37. The van der Waals surface area contributed by atoms with Gasteiger partial charge in [-0.25, -0.2) is 4.79 Å². The van der Waals surface area contributed by atoms with Gasteiger partial charge < -0.3 is 19.3 Å². The highest BCUT2D eigenvalue weighted by Gasteiger charge is 2.33. The lowest BCUT2D eigenvalue weighted by molar-refractivity contribution is -0.137. The molecule has 0 aliphatic carbocycles. The van der Waals surface area contributed by atoms with Crippen LogP contribution in [-0.4, -0.2) is 44.1 Å². The molecule has 0 radical (unpaired) electrons. The zero-order valence-electron chi connectivity index (χ0n) is 17.1. The Morgan fingerprint density at radius 3 is 2.41 bits per heavy atom. The predicted molar refractivity (Wildman–Crippen MR) is 113 cm³/mol. The Morgan fingerprint density at radius 2 is 1.76 bits per heavy atom. The second kappa shape index (κ2) is 10.4. The van der Waals surface area contributed by atoms with Gasteiger partial charge in [-0.2, -0.15) is 0 Å². The van der Waals surface area contributed by atoms with Crippen LogP contribution in [0.25, 0.3) is 11.1 Å². The molecule has 0 saturated carbocycles. The van der Waals surface area contributed by atoms with E-state index in [1.165, 1.54) is 0 Å². The highest BCUT2D eigenvalue weighted by molar-refractivity contribution is 5.89. The minimum Gasteiger partial charge on any atom is -0.493 e. The van der Waals surface area contributed by atoms with E-state index in [-0.39, 0.29) is 11.0 Å². The Kier molecular flexibility index (Phi) is 7.67. The van der Waals surface area contributed by atoms with E-state index in [1.807, 2.05) is 36.4 Å². The number of rotatable bonds is 12. The van der Waals surface area contributed by atoms with Crippen LogP contribution in [0.15, 0.2) is 48.5 Å². The van der Waals surface area contributed by atoms with Crippen molar-refractivity contribution < 1.29 is 24.1 Å². The molecule has 2 aromatic rings. The molecule has 5 heteroatoms. The van der Waals surface area contributed by atoms with Crippen LogP contribution in [0.3, 0.4) is 0 Å². The van der Waals surface area contributed by atoms with Crippen molar-refractivity contribution in [3.8, 4) is 16.9 Å². The van der Waals surface area contributed by atoms with Crippen LogP contribution < -0.4 is 4.74 Å². The average molecular weight is 398 g/mol. The molecule has 1 aliphatic rings. The number of carboxylic acids is 1. The van der Waals surface area contributed by atoms with Crippen LogP contribution >= 0.6 is 0 Å². The first-order valence-electron chi connectivity index (χ1n) is 10.3. The van der Waals surface area contributed by atoms with Gasteiger partial charge in [-0.05, 0) is 43.0 Å². The first-order chi connectivity index (χ1) is 14.1. The Hall–Kier alpha value is -2.37. The number of carbonyl (C=O) groups is 1. The summed E-state index contributed by atoms with van der Waals surface area (Å²) in [6.45, 7) is 5.93. The number of aromatic carboxylic acids is 1. The number of hydrogen-bond donors (Lipinski definition) is 1. The van der Waals surface area contributed by atoms with E-state index in [1.54, 1.807) is 12.1 Å². The van der Waals surface area contributed by atoms with Gasteiger partial charge >= 0.3 is 5.97 Å². The smallest absolute Gasteiger partial charge is 0.335 e. The molecule has 156 valence electrons. The normalized spacial score (nSPS) is 14.9. The quantitative estimate of drug-likeness (QED) is 0.507. The molecule has 0 spiro atoms. The largest absolute Gasteiger partial charge is 0.493 e. The van der Waals surface area contributed by atoms with Crippen LogP contribution in [0.5, 0.6) is 5.75 Å². The van der Waals surface area contributed by atoms with Crippen LogP contribution in [-0.2, 0) is 9.47 Å². The van der Waals surface area contributed by atoms with Crippen molar-refractivity contribution >= 4 is 5.97 Å². The van der Waals surface area contributed by atoms with Crippen LogP contribution in [0.2, 0.25) is 0 Å². The highest BCUT2D eigenvalue weighted by atomic mass is 16.5. The molecule has 29 heavy (non-hydrogen) atoms. The van der Waals surface area contributed by atoms with Crippen molar-refractivity contribution in [3.05, 3.63) is 54.1 Å². The third-order valence-corrected chi connectivity index (χ3v) is 5.11. The van der Waals surface area contributed by atoms with Gasteiger partial charge in [0.05, 0.1) is 32.0 Å². The molecule has 3 rings (SSSR count). The Bertz CT molecular complexity index is 783.